The van der Waals surface area contributed by atoms with Gasteiger partial charge in [0, 0.05) is 0 Å². The first-order valence-corrected chi connectivity index (χ1v) is 8.21. The van der Waals surface area contributed by atoms with Crippen molar-refractivity contribution >= 4 is 29.5 Å². The Kier molecular flexibility index (Phi) is 9.81. The van der Waals surface area contributed by atoms with Gasteiger partial charge in [0.15, 0.2) is 0 Å². The van der Waals surface area contributed by atoms with Gasteiger partial charge in [0.05, 0.1) is 12.6 Å². The fourth-order valence-corrected chi connectivity index (χ4v) is 2.12. The van der Waals surface area contributed by atoms with Crippen LogP contribution in [0.5, 0.6) is 0 Å². The van der Waals surface area contributed by atoms with Gasteiger partial charge in [-0.15, -0.1) is 0 Å². The summed E-state index contributed by atoms with van der Waals surface area (Å²) < 4.78 is 0. The van der Waals surface area contributed by atoms with Crippen LogP contribution in [0.2, 0.25) is 0 Å². The second-order valence-electron chi connectivity index (χ2n) is 5.19. The molecule has 0 aromatic heterocycles. The van der Waals surface area contributed by atoms with Gasteiger partial charge in [-0.2, -0.15) is 11.8 Å². The molecule has 0 fully saturated rings. The Hall–Kier alpha value is -1.28. The Morgan fingerprint density at radius 1 is 1.29 bits per heavy atom. The van der Waals surface area contributed by atoms with Crippen molar-refractivity contribution in [3.63, 3.8) is 0 Å². The van der Waals surface area contributed by atoms with Crippen LogP contribution in [0.4, 0.5) is 0 Å². The van der Waals surface area contributed by atoms with Crippen LogP contribution in [0.25, 0.3) is 0 Å². The van der Waals surface area contributed by atoms with Crippen molar-refractivity contribution in [3.8, 4) is 0 Å². The van der Waals surface area contributed by atoms with Gasteiger partial charge in [-0.3, -0.25) is 9.59 Å². The van der Waals surface area contributed by atoms with Crippen molar-refractivity contribution in [2.24, 2.45) is 11.7 Å². The number of carbonyl (C=O) groups excluding carboxylic acids is 2. The number of thioether (sulfide) groups is 1. The quantitative estimate of drug-likeness (QED) is 0.442. The van der Waals surface area contributed by atoms with Gasteiger partial charge < -0.3 is 21.5 Å². The molecule has 0 aromatic rings. The van der Waals surface area contributed by atoms with Crippen LogP contribution in [0.15, 0.2) is 0 Å². The molecule has 122 valence electrons. The molecule has 5 N–H and O–H groups in total. The van der Waals surface area contributed by atoms with Crippen molar-refractivity contribution in [1.29, 1.82) is 0 Å². The third-order valence-electron chi connectivity index (χ3n) is 2.73. The molecular weight excluding hydrogens is 294 g/mol. The summed E-state index contributed by atoms with van der Waals surface area (Å²) in [5, 5.41) is 13.8. The number of carbonyl (C=O) groups is 3. The molecule has 0 bridgehead atoms. The summed E-state index contributed by atoms with van der Waals surface area (Å²) in [6.07, 6.45) is 2.72. The van der Waals surface area contributed by atoms with Crippen LogP contribution in [-0.2, 0) is 14.4 Å². The van der Waals surface area contributed by atoms with E-state index in [0.717, 1.165) is 0 Å². The van der Waals surface area contributed by atoms with Gasteiger partial charge in [-0.1, -0.05) is 13.8 Å². The van der Waals surface area contributed by atoms with Gasteiger partial charge in [0.1, 0.15) is 6.04 Å². The fraction of sp³-hybridized carbons (Fsp3) is 0.769. The Bertz CT molecular complexity index is 363. The van der Waals surface area contributed by atoms with E-state index in [2.05, 4.69) is 10.6 Å². The van der Waals surface area contributed by atoms with E-state index in [4.69, 9.17) is 10.8 Å². The molecule has 21 heavy (non-hydrogen) atoms. The highest BCUT2D eigenvalue weighted by Gasteiger charge is 2.20. The molecule has 0 heterocycles. The van der Waals surface area contributed by atoms with Crippen molar-refractivity contribution in [1.82, 2.24) is 10.6 Å². The summed E-state index contributed by atoms with van der Waals surface area (Å²) in [6, 6.07) is -1.60. The van der Waals surface area contributed by atoms with Crippen LogP contribution in [0.3, 0.4) is 0 Å². The van der Waals surface area contributed by atoms with Crippen molar-refractivity contribution in [3.05, 3.63) is 0 Å². The third kappa shape index (κ3) is 9.30. The molecule has 2 amide bonds. The van der Waals surface area contributed by atoms with E-state index in [1.165, 1.54) is 11.8 Å². The molecule has 7 nitrogen and oxygen atoms in total. The van der Waals surface area contributed by atoms with Crippen LogP contribution in [-0.4, -0.2) is 53.5 Å². The number of rotatable bonds is 10. The average Bonchev–Trinajstić information content (AvgIpc) is 2.39. The number of aliphatic carboxylic acids is 1. The van der Waals surface area contributed by atoms with E-state index in [-0.39, 0.29) is 12.5 Å². The van der Waals surface area contributed by atoms with Gasteiger partial charge in [-0.25, -0.2) is 4.79 Å². The Labute approximate surface area is 129 Å². The minimum Gasteiger partial charge on any atom is -0.480 e. The Balaban J connectivity index is 4.18. The van der Waals surface area contributed by atoms with Gasteiger partial charge in [-0.05, 0) is 30.8 Å². The number of carboxylic acid groups (broad SMARTS) is 1. The number of hydrogen-bond acceptors (Lipinski definition) is 5. The molecule has 0 aliphatic heterocycles. The minimum absolute atomic E-state index is 0.270. The third-order valence-corrected chi connectivity index (χ3v) is 3.37. The number of nitrogens with one attached hydrogen (secondary N) is 2. The van der Waals surface area contributed by atoms with Gasteiger partial charge in [0.2, 0.25) is 11.8 Å². The largest absolute Gasteiger partial charge is 0.480 e. The lowest BCUT2D eigenvalue weighted by Crippen LogP contribution is -2.48. The van der Waals surface area contributed by atoms with Gasteiger partial charge >= 0.3 is 5.97 Å². The van der Waals surface area contributed by atoms with E-state index < -0.39 is 29.9 Å². The standard InChI is InChI=1S/C13H25N3O4S/c1-8(2)6-9(14)12(18)15-7-11(17)16-10(13(19)20)4-5-21-3/h8-10H,4-7,14H2,1-3H3,(H,15,18)(H,16,17)(H,19,20). The second kappa shape index (κ2) is 10.4. The van der Waals surface area contributed by atoms with E-state index in [1.54, 1.807) is 0 Å². The van der Waals surface area contributed by atoms with E-state index >= 15 is 0 Å². The zero-order valence-corrected chi connectivity index (χ0v) is 13.5. The summed E-state index contributed by atoms with van der Waals surface area (Å²) in [5.74, 6) is -1.12. The topological polar surface area (TPSA) is 122 Å². The molecule has 8 heteroatoms. The number of carboxylic acids is 1. The van der Waals surface area contributed by atoms with Gasteiger partial charge in [0.25, 0.3) is 0 Å². The van der Waals surface area contributed by atoms with E-state index in [0.29, 0.717) is 18.6 Å². The summed E-state index contributed by atoms with van der Waals surface area (Å²) in [5.41, 5.74) is 5.68. The lowest BCUT2D eigenvalue weighted by Gasteiger charge is -2.16. The summed E-state index contributed by atoms with van der Waals surface area (Å²) in [6.45, 7) is 3.62. The maximum atomic E-state index is 11.6. The highest BCUT2D eigenvalue weighted by molar-refractivity contribution is 7.98. The molecule has 2 unspecified atom stereocenters. The molecule has 0 spiro atoms. The molecule has 0 aliphatic rings. The summed E-state index contributed by atoms with van der Waals surface area (Å²) in [7, 11) is 0. The second-order valence-corrected chi connectivity index (χ2v) is 6.18. The number of hydrogen-bond donors (Lipinski definition) is 4. The van der Waals surface area contributed by atoms with Crippen LogP contribution in [0.1, 0.15) is 26.7 Å². The van der Waals surface area contributed by atoms with Crippen LogP contribution < -0.4 is 16.4 Å². The smallest absolute Gasteiger partial charge is 0.326 e. The monoisotopic (exact) mass is 319 g/mol. The first-order chi connectivity index (χ1) is 9.77. The molecule has 0 aliphatic carbocycles. The van der Waals surface area contributed by atoms with Crippen LogP contribution in [0, 0.1) is 5.92 Å². The predicted molar refractivity (Wildman–Crippen MR) is 83.0 cm³/mol. The van der Waals surface area contributed by atoms with Crippen molar-refractivity contribution in [2.75, 3.05) is 18.6 Å². The SMILES string of the molecule is CSCCC(NC(=O)CNC(=O)C(N)CC(C)C)C(=O)O. The van der Waals surface area contributed by atoms with Crippen molar-refractivity contribution in [2.45, 2.75) is 38.8 Å². The Morgan fingerprint density at radius 3 is 2.38 bits per heavy atom. The van der Waals surface area contributed by atoms with E-state index in [9.17, 15) is 14.4 Å². The average molecular weight is 319 g/mol. The molecule has 0 saturated heterocycles. The maximum absolute atomic E-state index is 11.6. The normalized spacial score (nSPS) is 13.6. The number of nitrogens with two attached hydrogens (primary N) is 1. The molecule has 0 rings (SSSR count). The first kappa shape index (κ1) is 19.7. The minimum atomic E-state index is -1.08. The highest BCUT2D eigenvalue weighted by atomic mass is 32.2. The fourth-order valence-electron chi connectivity index (χ4n) is 1.65. The first-order valence-electron chi connectivity index (χ1n) is 6.82. The molecule has 0 saturated carbocycles. The lowest BCUT2D eigenvalue weighted by molar-refractivity contribution is -0.141. The summed E-state index contributed by atoms with van der Waals surface area (Å²) >= 11 is 1.50. The predicted octanol–water partition coefficient (Wildman–Crippen LogP) is -0.201. The summed E-state index contributed by atoms with van der Waals surface area (Å²) in [4.78, 5) is 34.2. The number of amides is 2. The zero-order valence-electron chi connectivity index (χ0n) is 12.7. The molecule has 0 radical (unpaired) electrons. The van der Waals surface area contributed by atoms with Crippen molar-refractivity contribution < 1.29 is 19.5 Å². The van der Waals surface area contributed by atoms with Crippen LogP contribution >= 0.6 is 11.8 Å². The Morgan fingerprint density at radius 2 is 1.90 bits per heavy atom. The van der Waals surface area contributed by atoms with E-state index in [1.807, 2.05) is 20.1 Å². The highest BCUT2D eigenvalue weighted by Crippen LogP contribution is 2.02. The molecule has 2 atom stereocenters. The molecule has 0 aromatic carbocycles. The lowest BCUT2D eigenvalue weighted by atomic mass is 10.0. The molecular formula is C13H25N3O4S. The zero-order chi connectivity index (χ0) is 16.4. The maximum Gasteiger partial charge on any atom is 0.326 e.